The van der Waals surface area contributed by atoms with E-state index in [1.807, 2.05) is 13.8 Å². The first-order chi connectivity index (χ1) is 11.7. The number of hydrogen-bond donors (Lipinski definition) is 1. The second kappa shape index (κ2) is 5.91. The van der Waals surface area contributed by atoms with Crippen molar-refractivity contribution >= 4 is 16.8 Å². The Hall–Kier alpha value is -2.83. The van der Waals surface area contributed by atoms with Gasteiger partial charge in [0, 0.05) is 31.9 Å². The van der Waals surface area contributed by atoms with Crippen molar-refractivity contribution in [3.63, 3.8) is 0 Å². The Balaban J connectivity index is 2.20. The monoisotopic (exact) mass is 342 g/mol. The van der Waals surface area contributed by atoms with Crippen LogP contribution in [0.4, 0.5) is 0 Å². The molecule has 0 bridgehead atoms. The molecule has 0 aliphatic rings. The number of H-pyrrole nitrogens is 1. The first-order valence-corrected chi connectivity index (χ1v) is 8.22. The smallest absolute Gasteiger partial charge is 0.299 e. The average molecular weight is 342 g/mol. The van der Waals surface area contributed by atoms with Gasteiger partial charge in [0.15, 0.2) is 0 Å². The molecule has 25 heavy (non-hydrogen) atoms. The van der Waals surface area contributed by atoms with Gasteiger partial charge in [-0.2, -0.15) is 0 Å². The van der Waals surface area contributed by atoms with Crippen molar-refractivity contribution in [3.05, 3.63) is 55.9 Å². The summed E-state index contributed by atoms with van der Waals surface area (Å²) in [5, 5.41) is 2.84. The molecule has 2 heterocycles. The molecule has 0 atom stereocenters. The quantitative estimate of drug-likeness (QED) is 0.731. The van der Waals surface area contributed by atoms with Crippen LogP contribution in [0.25, 0.3) is 11.0 Å². The minimum absolute atomic E-state index is 0.109. The molecule has 0 saturated heterocycles. The Morgan fingerprint density at radius 3 is 2.40 bits per heavy atom. The van der Waals surface area contributed by atoms with Crippen molar-refractivity contribution in [1.82, 2.24) is 18.9 Å². The Bertz CT molecular complexity index is 1090. The summed E-state index contributed by atoms with van der Waals surface area (Å²) in [4.78, 5) is 37.5. The van der Waals surface area contributed by atoms with E-state index in [1.165, 1.54) is 4.68 Å². The molecule has 0 aliphatic heterocycles. The van der Waals surface area contributed by atoms with Gasteiger partial charge in [0.25, 0.3) is 5.56 Å². The van der Waals surface area contributed by atoms with Crippen molar-refractivity contribution in [1.29, 1.82) is 0 Å². The predicted molar refractivity (Wildman–Crippen MR) is 96.2 cm³/mol. The Morgan fingerprint density at radius 1 is 1.16 bits per heavy atom. The SMILES string of the molecule is Cc1[nH]n(C)c(=O)c1C(=O)c1ccc2c(c1)n(CC(C)C)c(=O)n2C. The van der Waals surface area contributed by atoms with Gasteiger partial charge in [0.2, 0.25) is 5.78 Å². The van der Waals surface area contributed by atoms with Crippen LogP contribution in [0.15, 0.2) is 27.8 Å². The van der Waals surface area contributed by atoms with Crippen molar-refractivity contribution in [2.45, 2.75) is 27.3 Å². The van der Waals surface area contributed by atoms with Crippen molar-refractivity contribution in [2.24, 2.45) is 20.0 Å². The highest BCUT2D eigenvalue weighted by atomic mass is 16.2. The molecule has 2 aromatic heterocycles. The molecule has 0 saturated carbocycles. The van der Waals surface area contributed by atoms with Gasteiger partial charge in [-0.25, -0.2) is 4.79 Å². The second-order valence-electron chi connectivity index (χ2n) is 6.85. The molecule has 0 aliphatic carbocycles. The summed E-state index contributed by atoms with van der Waals surface area (Å²) < 4.78 is 4.55. The van der Waals surface area contributed by atoms with E-state index in [4.69, 9.17) is 0 Å². The van der Waals surface area contributed by atoms with Crippen molar-refractivity contribution in [2.75, 3.05) is 0 Å². The van der Waals surface area contributed by atoms with Gasteiger partial charge in [-0.05, 0) is 31.0 Å². The highest BCUT2D eigenvalue weighted by Crippen LogP contribution is 2.18. The number of ketones is 1. The maximum Gasteiger partial charge on any atom is 0.328 e. The van der Waals surface area contributed by atoms with Gasteiger partial charge >= 0.3 is 5.69 Å². The Kier molecular flexibility index (Phi) is 4.02. The number of fused-ring (bicyclic) bond motifs is 1. The van der Waals surface area contributed by atoms with E-state index in [0.717, 1.165) is 5.52 Å². The maximum absolute atomic E-state index is 12.8. The fourth-order valence-corrected chi connectivity index (χ4v) is 3.19. The normalized spacial score (nSPS) is 11.6. The molecule has 3 aromatic rings. The third-order valence-electron chi connectivity index (χ3n) is 4.41. The predicted octanol–water partition coefficient (Wildman–Crippen LogP) is 1.56. The molecule has 7 heteroatoms. The summed E-state index contributed by atoms with van der Waals surface area (Å²) in [7, 11) is 3.29. The van der Waals surface area contributed by atoms with E-state index in [2.05, 4.69) is 5.10 Å². The summed E-state index contributed by atoms with van der Waals surface area (Å²) in [6.07, 6.45) is 0. The summed E-state index contributed by atoms with van der Waals surface area (Å²) in [5.41, 5.74) is 2.08. The summed E-state index contributed by atoms with van der Waals surface area (Å²) in [6.45, 7) is 6.34. The molecule has 0 amide bonds. The first-order valence-electron chi connectivity index (χ1n) is 8.22. The van der Waals surface area contributed by atoms with E-state index in [9.17, 15) is 14.4 Å². The lowest BCUT2D eigenvalue weighted by atomic mass is 10.0. The molecule has 3 rings (SSSR count). The van der Waals surface area contributed by atoms with Crippen molar-refractivity contribution < 1.29 is 4.79 Å². The molecule has 7 nitrogen and oxygen atoms in total. The number of imidazole rings is 1. The molecule has 0 unspecified atom stereocenters. The van der Waals surface area contributed by atoms with Crippen LogP contribution in [0, 0.1) is 12.8 Å². The number of hydrogen-bond acceptors (Lipinski definition) is 3. The molecular formula is C18H22N4O3. The number of aromatic nitrogens is 4. The summed E-state index contributed by atoms with van der Waals surface area (Å²) in [5.74, 6) is -0.0458. The second-order valence-corrected chi connectivity index (χ2v) is 6.85. The van der Waals surface area contributed by atoms with E-state index in [1.54, 1.807) is 48.4 Å². The molecule has 132 valence electrons. The third-order valence-corrected chi connectivity index (χ3v) is 4.41. The summed E-state index contributed by atoms with van der Waals surface area (Å²) in [6, 6.07) is 5.12. The maximum atomic E-state index is 12.8. The Morgan fingerprint density at radius 2 is 1.84 bits per heavy atom. The zero-order valence-corrected chi connectivity index (χ0v) is 15.1. The lowest BCUT2D eigenvalue weighted by Gasteiger charge is -2.07. The van der Waals surface area contributed by atoms with Crippen LogP contribution in [0.1, 0.15) is 35.5 Å². The molecule has 0 fully saturated rings. The van der Waals surface area contributed by atoms with Gasteiger partial charge in [-0.1, -0.05) is 13.8 Å². The molecular weight excluding hydrogens is 320 g/mol. The van der Waals surface area contributed by atoms with E-state index in [0.29, 0.717) is 29.2 Å². The zero-order valence-electron chi connectivity index (χ0n) is 15.1. The number of nitrogens with zero attached hydrogens (tertiary/aromatic N) is 3. The highest BCUT2D eigenvalue weighted by molar-refractivity contribution is 6.10. The van der Waals surface area contributed by atoms with Gasteiger partial charge in [-0.15, -0.1) is 0 Å². The molecule has 0 radical (unpaired) electrons. The van der Waals surface area contributed by atoms with E-state index >= 15 is 0 Å². The first kappa shape index (κ1) is 17.0. The van der Waals surface area contributed by atoms with Crippen LogP contribution in [-0.2, 0) is 20.6 Å². The molecule has 0 spiro atoms. The van der Waals surface area contributed by atoms with E-state index in [-0.39, 0.29) is 22.6 Å². The topological polar surface area (TPSA) is 81.8 Å². The largest absolute Gasteiger partial charge is 0.328 e. The fourth-order valence-electron chi connectivity index (χ4n) is 3.19. The average Bonchev–Trinajstić information content (AvgIpc) is 2.94. The van der Waals surface area contributed by atoms with Crippen LogP contribution >= 0.6 is 0 Å². The summed E-state index contributed by atoms with van der Waals surface area (Å²) >= 11 is 0. The Labute approximate surface area is 144 Å². The fraction of sp³-hybridized carbons (Fsp3) is 0.389. The zero-order chi connectivity index (χ0) is 18.5. The van der Waals surface area contributed by atoms with Crippen LogP contribution in [0.5, 0.6) is 0 Å². The van der Waals surface area contributed by atoms with E-state index < -0.39 is 0 Å². The lowest BCUT2D eigenvalue weighted by Crippen LogP contribution is -2.24. The third kappa shape index (κ3) is 2.65. The van der Waals surface area contributed by atoms with Crippen LogP contribution < -0.4 is 11.2 Å². The number of carbonyl (C=O) groups excluding carboxylic acids is 1. The van der Waals surface area contributed by atoms with Crippen LogP contribution in [-0.4, -0.2) is 24.7 Å². The van der Waals surface area contributed by atoms with Gasteiger partial charge < -0.3 is 0 Å². The van der Waals surface area contributed by atoms with Gasteiger partial charge in [0.1, 0.15) is 5.56 Å². The lowest BCUT2D eigenvalue weighted by molar-refractivity contribution is 0.103. The minimum Gasteiger partial charge on any atom is -0.299 e. The van der Waals surface area contributed by atoms with Gasteiger partial charge in [-0.3, -0.25) is 28.5 Å². The van der Waals surface area contributed by atoms with Crippen LogP contribution in [0.2, 0.25) is 0 Å². The molecule has 1 N–H and O–H groups in total. The number of carbonyl (C=O) groups is 1. The number of rotatable bonds is 4. The van der Waals surface area contributed by atoms with Crippen LogP contribution in [0.3, 0.4) is 0 Å². The molecule has 1 aromatic carbocycles. The number of benzene rings is 1. The standard InChI is InChI=1S/C18H22N4O3/c1-10(2)9-22-14-8-12(6-7-13(14)20(4)18(22)25)16(23)15-11(3)19-21(5)17(15)24/h6-8,10,19H,9H2,1-5H3. The highest BCUT2D eigenvalue weighted by Gasteiger charge is 2.21. The van der Waals surface area contributed by atoms with Crippen molar-refractivity contribution in [3.8, 4) is 0 Å². The number of aryl methyl sites for hydroxylation is 3. The van der Waals surface area contributed by atoms with Gasteiger partial charge in [0.05, 0.1) is 11.0 Å². The number of aromatic amines is 1. The minimum atomic E-state index is -0.352. The number of nitrogens with one attached hydrogen (secondary N) is 1.